The molecule has 0 saturated carbocycles. The van der Waals surface area contributed by atoms with E-state index in [0.717, 1.165) is 6.07 Å². The first-order valence-corrected chi connectivity index (χ1v) is 6.54. The Morgan fingerprint density at radius 2 is 2.00 bits per heavy atom. The van der Waals surface area contributed by atoms with Crippen LogP contribution in [0.25, 0.3) is 0 Å². The third-order valence-corrected chi connectivity index (χ3v) is 3.13. The number of carbonyl (C=O) groups excluding carboxylic acids is 1. The number of halogens is 1. The number of anilines is 1. The molecule has 0 fully saturated rings. The predicted octanol–water partition coefficient (Wildman–Crippen LogP) is 2.29. The molecule has 2 aromatic carbocycles. The SMILES string of the molecule is Nc1ccc(C(=O)NCCc2ccccc2F)cc1[N+](=O)[O-]. The van der Waals surface area contributed by atoms with Crippen LogP contribution in [0, 0.1) is 15.9 Å². The van der Waals surface area contributed by atoms with Gasteiger partial charge < -0.3 is 11.1 Å². The maximum Gasteiger partial charge on any atom is 0.292 e. The summed E-state index contributed by atoms with van der Waals surface area (Å²) < 4.78 is 13.4. The smallest absolute Gasteiger partial charge is 0.292 e. The van der Waals surface area contributed by atoms with Crippen molar-refractivity contribution in [3.05, 3.63) is 69.5 Å². The Bertz CT molecular complexity index is 719. The molecule has 2 rings (SSSR count). The molecule has 0 aliphatic heterocycles. The molecule has 22 heavy (non-hydrogen) atoms. The van der Waals surface area contributed by atoms with Crippen LogP contribution < -0.4 is 11.1 Å². The topological polar surface area (TPSA) is 98.3 Å². The van der Waals surface area contributed by atoms with Crippen LogP contribution in [0.2, 0.25) is 0 Å². The first kappa shape index (κ1) is 15.4. The summed E-state index contributed by atoms with van der Waals surface area (Å²) in [5.74, 6) is -0.806. The van der Waals surface area contributed by atoms with Crippen molar-refractivity contribution in [2.24, 2.45) is 0 Å². The van der Waals surface area contributed by atoms with Crippen LogP contribution in [0.4, 0.5) is 15.8 Å². The predicted molar refractivity (Wildman–Crippen MR) is 79.9 cm³/mol. The van der Waals surface area contributed by atoms with Gasteiger partial charge in [0, 0.05) is 18.2 Å². The van der Waals surface area contributed by atoms with Crippen LogP contribution in [-0.2, 0) is 6.42 Å². The number of nitrogen functional groups attached to an aromatic ring is 1. The van der Waals surface area contributed by atoms with Gasteiger partial charge in [0.15, 0.2) is 0 Å². The largest absolute Gasteiger partial charge is 0.393 e. The summed E-state index contributed by atoms with van der Waals surface area (Å²) in [4.78, 5) is 22.1. The van der Waals surface area contributed by atoms with Crippen molar-refractivity contribution >= 4 is 17.3 Å². The van der Waals surface area contributed by atoms with Gasteiger partial charge in [-0.2, -0.15) is 0 Å². The van der Waals surface area contributed by atoms with E-state index in [1.54, 1.807) is 18.2 Å². The summed E-state index contributed by atoms with van der Waals surface area (Å²) in [6.07, 6.45) is 0.329. The molecule has 2 aromatic rings. The standard InChI is InChI=1S/C15H14FN3O3/c16-12-4-2-1-3-10(12)7-8-18-15(20)11-5-6-13(17)14(9-11)19(21)22/h1-6,9H,7-8,17H2,(H,18,20). The molecule has 0 aliphatic rings. The fourth-order valence-corrected chi connectivity index (χ4v) is 1.96. The minimum Gasteiger partial charge on any atom is -0.393 e. The Labute approximate surface area is 125 Å². The zero-order valence-corrected chi connectivity index (χ0v) is 11.6. The Kier molecular flexibility index (Phi) is 4.67. The van der Waals surface area contributed by atoms with Gasteiger partial charge in [-0.15, -0.1) is 0 Å². The molecule has 0 atom stereocenters. The van der Waals surface area contributed by atoms with Gasteiger partial charge in [0.1, 0.15) is 11.5 Å². The number of nitrogens with two attached hydrogens (primary N) is 1. The van der Waals surface area contributed by atoms with Crippen molar-refractivity contribution in [3.63, 3.8) is 0 Å². The van der Waals surface area contributed by atoms with Crippen molar-refractivity contribution < 1.29 is 14.1 Å². The molecule has 0 saturated heterocycles. The van der Waals surface area contributed by atoms with Crippen LogP contribution in [0.15, 0.2) is 42.5 Å². The Morgan fingerprint density at radius 1 is 1.27 bits per heavy atom. The van der Waals surface area contributed by atoms with E-state index >= 15 is 0 Å². The van der Waals surface area contributed by atoms with Crippen LogP contribution in [0.5, 0.6) is 0 Å². The molecule has 1 amide bonds. The number of nitrogens with zero attached hydrogens (tertiary/aromatic N) is 1. The molecule has 0 radical (unpaired) electrons. The fraction of sp³-hybridized carbons (Fsp3) is 0.133. The molecular formula is C15H14FN3O3. The number of nitrogens with one attached hydrogen (secondary N) is 1. The lowest BCUT2D eigenvalue weighted by Crippen LogP contribution is -2.26. The van der Waals surface area contributed by atoms with Crippen LogP contribution in [0.1, 0.15) is 15.9 Å². The quantitative estimate of drug-likeness (QED) is 0.503. The maximum atomic E-state index is 13.4. The molecule has 7 heteroatoms. The van der Waals surface area contributed by atoms with E-state index in [4.69, 9.17) is 5.73 Å². The third-order valence-electron chi connectivity index (χ3n) is 3.13. The van der Waals surface area contributed by atoms with Crippen LogP contribution >= 0.6 is 0 Å². The Balaban J connectivity index is 2.00. The number of amides is 1. The Morgan fingerprint density at radius 3 is 2.68 bits per heavy atom. The van der Waals surface area contributed by atoms with E-state index in [2.05, 4.69) is 5.32 Å². The zero-order valence-electron chi connectivity index (χ0n) is 11.6. The minimum atomic E-state index is -0.647. The van der Waals surface area contributed by atoms with E-state index in [0.29, 0.717) is 12.0 Å². The van der Waals surface area contributed by atoms with E-state index < -0.39 is 10.8 Å². The minimum absolute atomic E-state index is 0.00657. The number of hydrogen-bond donors (Lipinski definition) is 2. The molecule has 0 unspecified atom stereocenters. The first-order chi connectivity index (χ1) is 10.5. The summed E-state index contributed by atoms with van der Waals surface area (Å²) in [6, 6.07) is 10.1. The highest BCUT2D eigenvalue weighted by molar-refractivity contribution is 5.95. The highest BCUT2D eigenvalue weighted by atomic mass is 19.1. The van der Waals surface area contributed by atoms with Crippen molar-refractivity contribution in [1.82, 2.24) is 5.32 Å². The second-order valence-electron chi connectivity index (χ2n) is 4.63. The van der Waals surface area contributed by atoms with Gasteiger partial charge >= 0.3 is 0 Å². The average molecular weight is 303 g/mol. The first-order valence-electron chi connectivity index (χ1n) is 6.54. The average Bonchev–Trinajstić information content (AvgIpc) is 2.49. The zero-order chi connectivity index (χ0) is 16.1. The summed E-state index contributed by atoms with van der Waals surface area (Å²) in [7, 11) is 0. The van der Waals surface area contributed by atoms with Gasteiger partial charge in [-0.1, -0.05) is 18.2 Å². The van der Waals surface area contributed by atoms with Gasteiger partial charge in [0.05, 0.1) is 4.92 Å². The molecule has 6 nitrogen and oxygen atoms in total. The van der Waals surface area contributed by atoms with Gasteiger partial charge in [-0.05, 0) is 30.2 Å². The lowest BCUT2D eigenvalue weighted by Gasteiger charge is -2.07. The van der Waals surface area contributed by atoms with Crippen molar-refractivity contribution in [1.29, 1.82) is 0 Å². The number of nitro benzene ring substituents is 1. The van der Waals surface area contributed by atoms with Crippen LogP contribution in [-0.4, -0.2) is 17.4 Å². The normalized spacial score (nSPS) is 10.2. The lowest BCUT2D eigenvalue weighted by molar-refractivity contribution is -0.383. The molecule has 0 spiro atoms. The number of benzene rings is 2. The molecule has 0 bridgehead atoms. The van der Waals surface area contributed by atoms with Crippen LogP contribution in [0.3, 0.4) is 0 Å². The summed E-state index contributed by atoms with van der Waals surface area (Å²) in [5, 5.41) is 13.4. The maximum absolute atomic E-state index is 13.4. The molecule has 114 valence electrons. The monoisotopic (exact) mass is 303 g/mol. The molecule has 0 heterocycles. The highest BCUT2D eigenvalue weighted by Crippen LogP contribution is 2.22. The third kappa shape index (κ3) is 3.57. The van der Waals surface area contributed by atoms with E-state index in [-0.39, 0.29) is 29.3 Å². The van der Waals surface area contributed by atoms with Gasteiger partial charge in [-0.3, -0.25) is 14.9 Å². The summed E-state index contributed by atoms with van der Waals surface area (Å²) in [6.45, 7) is 0.220. The van der Waals surface area contributed by atoms with E-state index in [1.807, 2.05) is 0 Å². The van der Waals surface area contributed by atoms with Crippen molar-refractivity contribution in [2.75, 3.05) is 12.3 Å². The van der Waals surface area contributed by atoms with Gasteiger partial charge in [0.25, 0.3) is 11.6 Å². The number of rotatable bonds is 5. The molecule has 0 aliphatic carbocycles. The fourth-order valence-electron chi connectivity index (χ4n) is 1.96. The molecular weight excluding hydrogens is 289 g/mol. The van der Waals surface area contributed by atoms with Crippen molar-refractivity contribution in [3.8, 4) is 0 Å². The lowest BCUT2D eigenvalue weighted by atomic mass is 10.1. The second kappa shape index (κ2) is 6.66. The van der Waals surface area contributed by atoms with Gasteiger partial charge in [0.2, 0.25) is 0 Å². The highest BCUT2D eigenvalue weighted by Gasteiger charge is 2.15. The molecule has 3 N–H and O–H groups in total. The second-order valence-corrected chi connectivity index (χ2v) is 4.63. The van der Waals surface area contributed by atoms with E-state index in [1.165, 1.54) is 18.2 Å². The number of carbonyl (C=O) groups is 1. The molecule has 0 aromatic heterocycles. The van der Waals surface area contributed by atoms with Crippen molar-refractivity contribution in [2.45, 2.75) is 6.42 Å². The summed E-state index contributed by atoms with van der Waals surface area (Å²) in [5.41, 5.74) is 5.77. The van der Waals surface area contributed by atoms with Gasteiger partial charge in [-0.25, -0.2) is 4.39 Å². The number of nitro groups is 1. The van der Waals surface area contributed by atoms with E-state index in [9.17, 15) is 19.3 Å². The summed E-state index contributed by atoms with van der Waals surface area (Å²) >= 11 is 0. The Hall–Kier alpha value is -2.96. The number of hydrogen-bond acceptors (Lipinski definition) is 4.